The lowest BCUT2D eigenvalue weighted by atomic mass is 9.94. The summed E-state index contributed by atoms with van der Waals surface area (Å²) in [6, 6.07) is 32.0. The molecule has 5 heteroatoms. The maximum absolute atomic E-state index is 13.8. The van der Waals surface area contributed by atoms with E-state index < -0.39 is 6.04 Å². The molecule has 1 saturated carbocycles. The number of carbonyl (C=O) groups excluding carboxylic acids is 1. The third-order valence-corrected chi connectivity index (χ3v) is 7.25. The maximum atomic E-state index is 13.8. The molecule has 0 unspecified atom stereocenters. The van der Waals surface area contributed by atoms with E-state index in [1.165, 1.54) is 19.3 Å². The molecular weight excluding hydrogens is 468 g/mol. The quantitative estimate of drug-likeness (QED) is 0.285. The highest BCUT2D eigenvalue weighted by molar-refractivity contribution is 5.82. The molecule has 1 heterocycles. The van der Waals surface area contributed by atoms with Crippen molar-refractivity contribution in [3.8, 4) is 11.3 Å². The Morgan fingerprint density at radius 1 is 0.842 bits per heavy atom. The number of aromatic nitrogens is 2. The van der Waals surface area contributed by atoms with E-state index in [0.717, 1.165) is 40.9 Å². The van der Waals surface area contributed by atoms with Crippen molar-refractivity contribution in [3.05, 3.63) is 120 Å². The van der Waals surface area contributed by atoms with Gasteiger partial charge in [0.15, 0.2) is 5.82 Å². The van der Waals surface area contributed by atoms with Crippen LogP contribution in [0.2, 0.25) is 0 Å². The molecule has 1 amide bonds. The second kappa shape index (κ2) is 12.6. The summed E-state index contributed by atoms with van der Waals surface area (Å²) in [4.78, 5) is 23.6. The largest absolute Gasteiger partial charge is 0.352 e. The van der Waals surface area contributed by atoms with E-state index >= 15 is 0 Å². The zero-order chi connectivity index (χ0) is 26.2. The first kappa shape index (κ1) is 25.8. The summed E-state index contributed by atoms with van der Waals surface area (Å²) in [6.07, 6.45) is 6.28. The lowest BCUT2D eigenvalue weighted by molar-refractivity contribution is -0.124. The summed E-state index contributed by atoms with van der Waals surface area (Å²) in [5, 5.41) is 7.05. The molecule has 194 valence electrons. The summed E-state index contributed by atoms with van der Waals surface area (Å²) in [6.45, 7) is 2.00. The smallest absolute Gasteiger partial charge is 0.237 e. The fraction of sp³-hybridized carbons (Fsp3) is 0.303. The highest BCUT2D eigenvalue weighted by Crippen LogP contribution is 2.25. The molecule has 5 rings (SSSR count). The summed E-state index contributed by atoms with van der Waals surface area (Å²) < 4.78 is 0. The monoisotopic (exact) mass is 504 g/mol. The average molecular weight is 505 g/mol. The van der Waals surface area contributed by atoms with E-state index in [-0.39, 0.29) is 18.0 Å². The van der Waals surface area contributed by atoms with Gasteiger partial charge in [0.1, 0.15) is 0 Å². The molecule has 0 radical (unpaired) electrons. The number of rotatable bonds is 9. The van der Waals surface area contributed by atoms with Gasteiger partial charge in [0.2, 0.25) is 5.91 Å². The van der Waals surface area contributed by atoms with Crippen molar-refractivity contribution < 1.29 is 4.79 Å². The number of benzene rings is 3. The van der Waals surface area contributed by atoms with E-state index in [9.17, 15) is 4.79 Å². The van der Waals surface area contributed by atoms with Crippen molar-refractivity contribution in [2.75, 3.05) is 0 Å². The Bertz CT molecular complexity index is 1300. The highest BCUT2D eigenvalue weighted by atomic mass is 16.2. The molecule has 4 aromatic rings. The molecule has 1 aliphatic carbocycles. The average Bonchev–Trinajstić information content (AvgIpc) is 2.97. The summed E-state index contributed by atoms with van der Waals surface area (Å²) in [5.74, 6) is 0.705. The van der Waals surface area contributed by atoms with Gasteiger partial charge in [0, 0.05) is 17.3 Å². The van der Waals surface area contributed by atoms with Crippen LogP contribution in [0, 0.1) is 6.92 Å². The predicted molar refractivity (Wildman–Crippen MR) is 153 cm³/mol. The van der Waals surface area contributed by atoms with Crippen molar-refractivity contribution in [2.45, 2.75) is 63.6 Å². The molecule has 5 nitrogen and oxygen atoms in total. The molecular formula is C33H36N4O. The van der Waals surface area contributed by atoms with Gasteiger partial charge >= 0.3 is 0 Å². The molecule has 38 heavy (non-hydrogen) atoms. The van der Waals surface area contributed by atoms with Gasteiger partial charge in [-0.3, -0.25) is 10.1 Å². The van der Waals surface area contributed by atoms with Gasteiger partial charge in [0.05, 0.1) is 17.8 Å². The van der Waals surface area contributed by atoms with Gasteiger partial charge in [-0.1, -0.05) is 110 Å². The fourth-order valence-electron chi connectivity index (χ4n) is 5.27. The molecule has 1 aliphatic rings. The fourth-order valence-corrected chi connectivity index (χ4v) is 5.27. The molecule has 3 aromatic carbocycles. The Kier molecular flexibility index (Phi) is 8.56. The lowest BCUT2D eigenvalue weighted by Crippen LogP contribution is -2.50. The Morgan fingerprint density at radius 2 is 1.47 bits per heavy atom. The summed E-state index contributed by atoms with van der Waals surface area (Å²) in [7, 11) is 0. The third-order valence-electron chi connectivity index (χ3n) is 7.25. The Hall–Kier alpha value is -3.83. The number of nitrogens with one attached hydrogen (secondary N) is 2. The van der Waals surface area contributed by atoms with Crippen LogP contribution in [0.5, 0.6) is 0 Å². The van der Waals surface area contributed by atoms with Gasteiger partial charge in [0.25, 0.3) is 0 Å². The zero-order valence-corrected chi connectivity index (χ0v) is 22.0. The molecule has 0 bridgehead atoms. The van der Waals surface area contributed by atoms with Crippen molar-refractivity contribution in [3.63, 3.8) is 0 Å². The van der Waals surface area contributed by atoms with E-state index in [4.69, 9.17) is 9.97 Å². The molecule has 1 aromatic heterocycles. The van der Waals surface area contributed by atoms with Gasteiger partial charge in [-0.05, 0) is 43.4 Å². The molecule has 0 aliphatic heterocycles. The van der Waals surface area contributed by atoms with E-state index in [1.54, 1.807) is 0 Å². The Labute approximate surface area is 225 Å². The van der Waals surface area contributed by atoms with E-state index in [0.29, 0.717) is 12.2 Å². The van der Waals surface area contributed by atoms with Gasteiger partial charge in [-0.15, -0.1) is 0 Å². The SMILES string of the molecule is Cc1cc(-c2ccccc2)nc([C@H](N[C@@H](Cc2ccccc2)C(=O)NC2CCCCC2)c2ccccc2)n1. The van der Waals surface area contributed by atoms with Crippen LogP contribution in [0.15, 0.2) is 97.1 Å². The number of nitrogens with zero attached hydrogens (tertiary/aromatic N) is 2. The topological polar surface area (TPSA) is 66.9 Å². The van der Waals surface area contributed by atoms with Crippen molar-refractivity contribution in [2.24, 2.45) is 0 Å². The van der Waals surface area contributed by atoms with Crippen LogP contribution in [0.4, 0.5) is 0 Å². The first-order chi connectivity index (χ1) is 18.7. The van der Waals surface area contributed by atoms with Crippen molar-refractivity contribution in [1.29, 1.82) is 0 Å². The van der Waals surface area contributed by atoms with Crippen LogP contribution in [-0.4, -0.2) is 28.0 Å². The molecule has 0 spiro atoms. The van der Waals surface area contributed by atoms with Crippen LogP contribution in [-0.2, 0) is 11.2 Å². The van der Waals surface area contributed by atoms with Crippen LogP contribution < -0.4 is 10.6 Å². The van der Waals surface area contributed by atoms with Gasteiger partial charge < -0.3 is 5.32 Å². The number of aryl methyl sites for hydroxylation is 1. The minimum Gasteiger partial charge on any atom is -0.352 e. The predicted octanol–water partition coefficient (Wildman–Crippen LogP) is 6.19. The second-order valence-corrected chi connectivity index (χ2v) is 10.2. The van der Waals surface area contributed by atoms with Crippen molar-refractivity contribution >= 4 is 5.91 Å². The van der Waals surface area contributed by atoms with Gasteiger partial charge in [-0.25, -0.2) is 9.97 Å². The number of hydrogen-bond donors (Lipinski definition) is 2. The Balaban J connectivity index is 1.50. The lowest BCUT2D eigenvalue weighted by Gasteiger charge is -2.29. The standard InChI is InChI=1S/C33H36N4O/c1-24-22-29(26-16-8-3-9-17-26)37-32(34-24)31(27-18-10-4-11-19-27)36-30(23-25-14-6-2-7-15-25)33(38)35-28-20-12-5-13-21-28/h2-4,6-11,14-19,22,28,30-31,36H,5,12-13,20-21,23H2,1H3,(H,35,38)/t30-,31+/m0/s1. The van der Waals surface area contributed by atoms with Crippen LogP contribution in [0.25, 0.3) is 11.3 Å². The number of hydrogen-bond acceptors (Lipinski definition) is 4. The first-order valence-electron chi connectivity index (χ1n) is 13.7. The van der Waals surface area contributed by atoms with Crippen molar-refractivity contribution in [1.82, 2.24) is 20.6 Å². The minimum atomic E-state index is -0.436. The second-order valence-electron chi connectivity index (χ2n) is 10.2. The molecule has 0 saturated heterocycles. The first-order valence-corrected chi connectivity index (χ1v) is 13.7. The van der Waals surface area contributed by atoms with Crippen LogP contribution in [0.3, 0.4) is 0 Å². The molecule has 2 N–H and O–H groups in total. The summed E-state index contributed by atoms with van der Waals surface area (Å²) in [5.41, 5.74) is 4.96. The normalized spacial score (nSPS) is 15.5. The highest BCUT2D eigenvalue weighted by Gasteiger charge is 2.28. The summed E-state index contributed by atoms with van der Waals surface area (Å²) >= 11 is 0. The maximum Gasteiger partial charge on any atom is 0.237 e. The van der Waals surface area contributed by atoms with Gasteiger partial charge in [-0.2, -0.15) is 0 Å². The van der Waals surface area contributed by atoms with Crippen LogP contribution in [0.1, 0.15) is 60.8 Å². The molecule has 1 fully saturated rings. The third kappa shape index (κ3) is 6.73. The van der Waals surface area contributed by atoms with E-state index in [1.807, 2.05) is 67.6 Å². The number of carbonyl (C=O) groups is 1. The number of amides is 1. The molecule has 2 atom stereocenters. The van der Waals surface area contributed by atoms with E-state index in [2.05, 4.69) is 47.0 Å². The van der Waals surface area contributed by atoms with Crippen LogP contribution >= 0.6 is 0 Å². The Morgan fingerprint density at radius 3 is 2.16 bits per heavy atom. The minimum absolute atomic E-state index is 0.0395. The zero-order valence-electron chi connectivity index (χ0n) is 22.0.